The first kappa shape index (κ1) is 15.8. The van der Waals surface area contributed by atoms with Crippen LogP contribution in [0.3, 0.4) is 0 Å². The van der Waals surface area contributed by atoms with Crippen molar-refractivity contribution in [2.24, 2.45) is 0 Å². The van der Waals surface area contributed by atoms with Crippen LogP contribution in [0.1, 0.15) is 36.1 Å². The summed E-state index contributed by atoms with van der Waals surface area (Å²) in [6.45, 7) is 5.50. The Balaban J connectivity index is 1.59. The Kier molecular flexibility index (Phi) is 5.09. The van der Waals surface area contributed by atoms with Gasteiger partial charge in [0.15, 0.2) is 0 Å². The average Bonchev–Trinajstić information content (AvgIpc) is 2.59. The van der Waals surface area contributed by atoms with Gasteiger partial charge in [-0.2, -0.15) is 0 Å². The summed E-state index contributed by atoms with van der Waals surface area (Å²) < 4.78 is 0. The van der Waals surface area contributed by atoms with E-state index in [-0.39, 0.29) is 0 Å². The molecule has 3 rings (SSSR count). The molecule has 0 bridgehead atoms. The van der Waals surface area contributed by atoms with Crippen molar-refractivity contribution < 1.29 is 0 Å². The van der Waals surface area contributed by atoms with Gasteiger partial charge in [-0.15, -0.1) is 0 Å². The minimum atomic E-state index is 0.373. The highest BCUT2D eigenvalue weighted by molar-refractivity contribution is 5.86. The maximum Gasteiger partial charge on any atom is 0.0297 e. The third-order valence-corrected chi connectivity index (χ3v) is 4.62. The van der Waals surface area contributed by atoms with E-state index in [1.807, 2.05) is 0 Å². The van der Waals surface area contributed by atoms with Crippen LogP contribution in [-0.2, 0) is 6.42 Å². The number of hydrogen-bond donors (Lipinski definition) is 1. The highest BCUT2D eigenvalue weighted by Gasteiger charge is 2.08. The quantitative estimate of drug-likeness (QED) is 0.599. The number of benzene rings is 3. The largest absolute Gasteiger partial charge is 0.310 e. The van der Waals surface area contributed by atoms with Crippen LogP contribution in [0, 0.1) is 6.92 Å². The molecule has 1 nitrogen and oxygen atoms in total. The molecule has 0 spiro atoms. The molecule has 0 unspecified atom stereocenters. The fraction of sp³-hybridized carbons (Fsp3) is 0.273. The number of rotatable bonds is 6. The molecule has 1 heteroatoms. The van der Waals surface area contributed by atoms with Crippen molar-refractivity contribution in [3.8, 4) is 0 Å². The van der Waals surface area contributed by atoms with Crippen molar-refractivity contribution in [1.82, 2.24) is 5.32 Å². The fourth-order valence-corrected chi connectivity index (χ4v) is 3.23. The van der Waals surface area contributed by atoms with E-state index in [9.17, 15) is 0 Å². The van der Waals surface area contributed by atoms with Gasteiger partial charge < -0.3 is 5.32 Å². The highest BCUT2D eigenvalue weighted by Crippen LogP contribution is 2.24. The van der Waals surface area contributed by atoms with E-state index in [1.165, 1.54) is 33.9 Å². The summed E-state index contributed by atoms with van der Waals surface area (Å²) in [5.41, 5.74) is 4.25. The van der Waals surface area contributed by atoms with E-state index < -0.39 is 0 Å². The first-order chi connectivity index (χ1) is 11.3. The van der Waals surface area contributed by atoms with Crippen LogP contribution < -0.4 is 5.32 Å². The molecule has 0 saturated carbocycles. The van der Waals surface area contributed by atoms with Crippen molar-refractivity contribution in [3.63, 3.8) is 0 Å². The van der Waals surface area contributed by atoms with Crippen molar-refractivity contribution in [1.29, 1.82) is 0 Å². The molecule has 0 aliphatic heterocycles. The molecule has 0 saturated heterocycles. The van der Waals surface area contributed by atoms with Crippen LogP contribution >= 0.6 is 0 Å². The van der Waals surface area contributed by atoms with E-state index >= 15 is 0 Å². The van der Waals surface area contributed by atoms with E-state index in [2.05, 4.69) is 85.9 Å². The summed E-state index contributed by atoms with van der Waals surface area (Å²) >= 11 is 0. The molecule has 0 aromatic heterocycles. The predicted octanol–water partition coefficient (Wildman–Crippen LogP) is 5.43. The summed E-state index contributed by atoms with van der Waals surface area (Å²) in [7, 11) is 0. The van der Waals surface area contributed by atoms with Gasteiger partial charge in [0, 0.05) is 6.04 Å². The first-order valence-corrected chi connectivity index (χ1v) is 8.51. The summed E-state index contributed by atoms with van der Waals surface area (Å²) in [5, 5.41) is 6.35. The van der Waals surface area contributed by atoms with E-state index in [4.69, 9.17) is 0 Å². The van der Waals surface area contributed by atoms with Crippen molar-refractivity contribution in [2.75, 3.05) is 6.54 Å². The monoisotopic (exact) mass is 303 g/mol. The second-order valence-corrected chi connectivity index (χ2v) is 6.27. The Labute approximate surface area is 139 Å². The molecule has 1 N–H and O–H groups in total. The Bertz CT molecular complexity index is 770. The number of nitrogens with one attached hydrogen (secondary N) is 1. The van der Waals surface area contributed by atoms with E-state index in [1.54, 1.807) is 0 Å². The molecule has 3 aromatic rings. The Morgan fingerprint density at radius 1 is 0.870 bits per heavy atom. The Hall–Kier alpha value is -2.12. The Morgan fingerprint density at radius 2 is 1.61 bits per heavy atom. The normalized spacial score (nSPS) is 12.4. The van der Waals surface area contributed by atoms with E-state index in [0.29, 0.717) is 6.04 Å². The van der Waals surface area contributed by atoms with Gasteiger partial charge in [-0.05, 0) is 60.7 Å². The minimum Gasteiger partial charge on any atom is -0.310 e. The van der Waals surface area contributed by atoms with Gasteiger partial charge in [-0.25, -0.2) is 0 Å². The molecule has 0 fully saturated rings. The average molecular weight is 303 g/mol. The SMILES string of the molecule is Cc1ccccc1CCCN[C@H](C)c1cccc2ccccc12. The minimum absolute atomic E-state index is 0.373. The lowest BCUT2D eigenvalue weighted by Crippen LogP contribution is -2.20. The lowest BCUT2D eigenvalue weighted by molar-refractivity contribution is 0.561. The molecule has 3 aromatic carbocycles. The topological polar surface area (TPSA) is 12.0 Å². The van der Waals surface area contributed by atoms with Crippen LogP contribution in [0.15, 0.2) is 66.7 Å². The van der Waals surface area contributed by atoms with Gasteiger partial charge in [0.1, 0.15) is 0 Å². The standard InChI is InChI=1S/C22H25N/c1-17-9-3-4-10-19(17)13-8-16-23-18(2)21-15-7-12-20-11-5-6-14-22(20)21/h3-7,9-12,14-15,18,23H,8,13,16H2,1-2H3/t18-/m1/s1. The van der Waals surface area contributed by atoms with Gasteiger partial charge in [0.25, 0.3) is 0 Å². The van der Waals surface area contributed by atoms with Gasteiger partial charge >= 0.3 is 0 Å². The second-order valence-electron chi connectivity index (χ2n) is 6.27. The molecular formula is C22H25N. The highest BCUT2D eigenvalue weighted by atomic mass is 14.9. The van der Waals surface area contributed by atoms with Gasteiger partial charge in [-0.3, -0.25) is 0 Å². The van der Waals surface area contributed by atoms with Gasteiger partial charge in [-0.1, -0.05) is 66.7 Å². The van der Waals surface area contributed by atoms with Crippen LogP contribution in [0.2, 0.25) is 0 Å². The zero-order valence-corrected chi connectivity index (χ0v) is 14.0. The molecule has 0 aliphatic rings. The van der Waals surface area contributed by atoms with E-state index in [0.717, 1.165) is 13.0 Å². The zero-order valence-electron chi connectivity index (χ0n) is 14.0. The summed E-state index contributed by atoms with van der Waals surface area (Å²) in [4.78, 5) is 0. The van der Waals surface area contributed by atoms with Crippen LogP contribution in [0.5, 0.6) is 0 Å². The maximum atomic E-state index is 3.68. The van der Waals surface area contributed by atoms with Crippen LogP contribution in [0.25, 0.3) is 10.8 Å². The molecule has 0 radical (unpaired) electrons. The van der Waals surface area contributed by atoms with Crippen molar-refractivity contribution in [3.05, 3.63) is 83.4 Å². The lowest BCUT2D eigenvalue weighted by Gasteiger charge is -2.17. The van der Waals surface area contributed by atoms with Crippen molar-refractivity contribution in [2.45, 2.75) is 32.7 Å². The number of fused-ring (bicyclic) bond motifs is 1. The zero-order chi connectivity index (χ0) is 16.1. The number of aryl methyl sites for hydroxylation is 2. The first-order valence-electron chi connectivity index (χ1n) is 8.51. The molecular weight excluding hydrogens is 278 g/mol. The van der Waals surface area contributed by atoms with Crippen LogP contribution in [-0.4, -0.2) is 6.54 Å². The van der Waals surface area contributed by atoms with Gasteiger partial charge in [0.2, 0.25) is 0 Å². The second kappa shape index (κ2) is 7.43. The molecule has 0 aliphatic carbocycles. The molecule has 118 valence electrons. The smallest absolute Gasteiger partial charge is 0.0297 e. The van der Waals surface area contributed by atoms with Crippen molar-refractivity contribution >= 4 is 10.8 Å². The summed E-state index contributed by atoms with van der Waals surface area (Å²) in [6, 6.07) is 24.3. The molecule has 1 atom stereocenters. The fourth-order valence-electron chi connectivity index (χ4n) is 3.23. The molecule has 23 heavy (non-hydrogen) atoms. The van der Waals surface area contributed by atoms with Crippen LogP contribution in [0.4, 0.5) is 0 Å². The maximum absolute atomic E-state index is 3.68. The predicted molar refractivity (Wildman–Crippen MR) is 99.9 cm³/mol. The third-order valence-electron chi connectivity index (χ3n) is 4.62. The summed E-state index contributed by atoms with van der Waals surface area (Å²) in [6.07, 6.45) is 2.31. The lowest BCUT2D eigenvalue weighted by atomic mass is 9.99. The Morgan fingerprint density at radius 3 is 2.48 bits per heavy atom. The molecule has 0 amide bonds. The number of hydrogen-bond acceptors (Lipinski definition) is 1. The summed E-state index contributed by atoms with van der Waals surface area (Å²) in [5.74, 6) is 0. The third kappa shape index (κ3) is 3.80. The van der Waals surface area contributed by atoms with Gasteiger partial charge in [0.05, 0.1) is 0 Å². The molecule has 0 heterocycles.